The molecule has 0 spiro atoms. The van der Waals surface area contributed by atoms with Crippen molar-refractivity contribution < 1.29 is 24.2 Å². The molecule has 0 bridgehead atoms. The fourth-order valence-electron chi connectivity index (χ4n) is 1.14. The van der Waals surface area contributed by atoms with E-state index in [0.29, 0.717) is 5.76 Å². The van der Waals surface area contributed by atoms with Crippen molar-refractivity contribution in [2.24, 2.45) is 0 Å². The Kier molecular flexibility index (Phi) is 4.53. The molecule has 7 nitrogen and oxygen atoms in total. The molecule has 1 aromatic heterocycles. The number of carboxylic acids is 1. The average molecular weight is 242 g/mol. The molecule has 17 heavy (non-hydrogen) atoms. The molecule has 1 rings (SSSR count). The Morgan fingerprint density at radius 3 is 2.65 bits per heavy atom. The predicted octanol–water partition coefficient (Wildman–Crippen LogP) is -0.167. The van der Waals surface area contributed by atoms with Gasteiger partial charge in [0.05, 0.1) is 13.2 Å². The van der Waals surface area contributed by atoms with Gasteiger partial charge < -0.3 is 25.3 Å². The Morgan fingerprint density at radius 1 is 1.47 bits per heavy atom. The van der Waals surface area contributed by atoms with Crippen LogP contribution in [-0.4, -0.2) is 34.9 Å². The van der Waals surface area contributed by atoms with Gasteiger partial charge in [-0.2, -0.15) is 0 Å². The number of aliphatic carboxylic acids is 1. The third-order valence-corrected chi connectivity index (χ3v) is 2.01. The summed E-state index contributed by atoms with van der Waals surface area (Å²) in [5.74, 6) is -0.00834. The summed E-state index contributed by atoms with van der Waals surface area (Å²) in [4.78, 5) is 21.8. The first kappa shape index (κ1) is 13.0. The summed E-state index contributed by atoms with van der Waals surface area (Å²) >= 11 is 0. The summed E-state index contributed by atoms with van der Waals surface area (Å²) in [7, 11) is 0. The van der Waals surface area contributed by atoms with E-state index < -0.39 is 24.6 Å². The summed E-state index contributed by atoms with van der Waals surface area (Å²) in [6.45, 7) is 1.26. The lowest BCUT2D eigenvalue weighted by Gasteiger charge is -2.11. The van der Waals surface area contributed by atoms with E-state index in [0.717, 1.165) is 5.76 Å². The van der Waals surface area contributed by atoms with Crippen LogP contribution in [0.4, 0.5) is 4.79 Å². The Balaban J connectivity index is 2.37. The van der Waals surface area contributed by atoms with Gasteiger partial charge in [-0.25, -0.2) is 9.59 Å². The normalized spacial score (nSPS) is 11.9. The van der Waals surface area contributed by atoms with Crippen LogP contribution in [0, 0.1) is 6.92 Å². The number of aliphatic hydroxyl groups is 1. The van der Waals surface area contributed by atoms with E-state index in [1.807, 2.05) is 0 Å². The lowest BCUT2D eigenvalue weighted by molar-refractivity contribution is -0.140. The number of hydrogen-bond acceptors (Lipinski definition) is 4. The Bertz CT molecular complexity index is 401. The topological polar surface area (TPSA) is 112 Å². The van der Waals surface area contributed by atoms with Crippen molar-refractivity contribution in [3.8, 4) is 0 Å². The summed E-state index contributed by atoms with van der Waals surface area (Å²) in [6, 6.07) is 1.47. The molecular weight excluding hydrogens is 228 g/mol. The van der Waals surface area contributed by atoms with E-state index in [-0.39, 0.29) is 6.54 Å². The Morgan fingerprint density at radius 2 is 2.18 bits per heavy atom. The maximum Gasteiger partial charge on any atom is 0.328 e. The van der Waals surface area contributed by atoms with Crippen molar-refractivity contribution in [3.63, 3.8) is 0 Å². The number of hydrogen-bond donors (Lipinski definition) is 4. The van der Waals surface area contributed by atoms with Crippen molar-refractivity contribution in [2.75, 3.05) is 6.61 Å². The van der Waals surface area contributed by atoms with Crippen molar-refractivity contribution >= 4 is 12.0 Å². The van der Waals surface area contributed by atoms with Crippen molar-refractivity contribution in [3.05, 3.63) is 23.7 Å². The van der Waals surface area contributed by atoms with E-state index in [4.69, 9.17) is 14.6 Å². The molecule has 0 aliphatic heterocycles. The maximum absolute atomic E-state index is 11.3. The van der Waals surface area contributed by atoms with Gasteiger partial charge in [0.2, 0.25) is 0 Å². The fraction of sp³-hybridized carbons (Fsp3) is 0.400. The molecule has 7 heteroatoms. The first-order valence-corrected chi connectivity index (χ1v) is 4.96. The number of carbonyl (C=O) groups excluding carboxylic acids is 1. The molecule has 0 aliphatic rings. The molecule has 1 aromatic rings. The molecule has 0 saturated heterocycles. The lowest BCUT2D eigenvalue weighted by Crippen LogP contribution is -2.47. The molecule has 4 N–H and O–H groups in total. The van der Waals surface area contributed by atoms with Crippen LogP contribution in [0.25, 0.3) is 0 Å². The highest BCUT2D eigenvalue weighted by Gasteiger charge is 2.18. The standard InChI is InChI=1S/C10H14N2O5/c1-6-2-3-7(17-6)4-11-10(16)12-8(5-13)9(14)15/h2-3,8,13H,4-5H2,1H3,(H,14,15)(H2,11,12,16)/t8-/m0/s1. The number of carbonyl (C=O) groups is 2. The molecule has 0 saturated carbocycles. The van der Waals surface area contributed by atoms with Gasteiger partial charge in [0.1, 0.15) is 11.5 Å². The molecule has 0 aliphatic carbocycles. The number of amides is 2. The highest BCUT2D eigenvalue weighted by atomic mass is 16.4. The van der Waals surface area contributed by atoms with Crippen LogP contribution in [0.5, 0.6) is 0 Å². The van der Waals surface area contributed by atoms with Gasteiger partial charge in [-0.3, -0.25) is 0 Å². The molecule has 1 heterocycles. The minimum atomic E-state index is -1.31. The molecule has 94 valence electrons. The number of aryl methyl sites for hydroxylation is 1. The highest BCUT2D eigenvalue weighted by Crippen LogP contribution is 2.05. The van der Waals surface area contributed by atoms with Crippen LogP contribution in [0.15, 0.2) is 16.5 Å². The van der Waals surface area contributed by atoms with Gasteiger partial charge in [-0.15, -0.1) is 0 Å². The first-order valence-electron chi connectivity index (χ1n) is 4.96. The summed E-state index contributed by atoms with van der Waals surface area (Å²) in [5, 5.41) is 21.8. The van der Waals surface area contributed by atoms with Gasteiger partial charge in [0.25, 0.3) is 0 Å². The number of rotatable bonds is 5. The summed E-state index contributed by atoms with van der Waals surface area (Å²) < 4.78 is 5.20. The monoisotopic (exact) mass is 242 g/mol. The second-order valence-electron chi connectivity index (χ2n) is 3.41. The maximum atomic E-state index is 11.3. The van der Waals surface area contributed by atoms with Crippen molar-refractivity contribution in [2.45, 2.75) is 19.5 Å². The van der Waals surface area contributed by atoms with Crippen molar-refractivity contribution in [1.29, 1.82) is 0 Å². The minimum absolute atomic E-state index is 0.150. The second-order valence-corrected chi connectivity index (χ2v) is 3.41. The lowest BCUT2D eigenvalue weighted by atomic mass is 10.3. The van der Waals surface area contributed by atoms with Gasteiger partial charge in [0, 0.05) is 0 Å². The zero-order valence-electron chi connectivity index (χ0n) is 9.27. The molecular formula is C10H14N2O5. The third-order valence-electron chi connectivity index (χ3n) is 2.01. The number of aliphatic hydroxyl groups excluding tert-OH is 1. The largest absolute Gasteiger partial charge is 0.480 e. The second kappa shape index (κ2) is 5.90. The number of nitrogens with one attached hydrogen (secondary N) is 2. The molecule has 0 fully saturated rings. The smallest absolute Gasteiger partial charge is 0.328 e. The van der Waals surface area contributed by atoms with Gasteiger partial charge in [-0.05, 0) is 19.1 Å². The van der Waals surface area contributed by atoms with Crippen molar-refractivity contribution in [1.82, 2.24) is 10.6 Å². The van der Waals surface area contributed by atoms with Gasteiger partial charge in [0.15, 0.2) is 6.04 Å². The average Bonchev–Trinajstić information content (AvgIpc) is 2.68. The zero-order chi connectivity index (χ0) is 12.8. The quantitative estimate of drug-likeness (QED) is 0.573. The summed E-state index contributed by atoms with van der Waals surface area (Å²) in [6.07, 6.45) is 0. The van der Waals surface area contributed by atoms with Crippen LogP contribution in [-0.2, 0) is 11.3 Å². The molecule has 0 unspecified atom stereocenters. The molecule has 0 aromatic carbocycles. The van der Waals surface area contributed by atoms with E-state index in [9.17, 15) is 9.59 Å². The molecule has 1 atom stereocenters. The van der Waals surface area contributed by atoms with Crippen LogP contribution >= 0.6 is 0 Å². The molecule has 0 radical (unpaired) electrons. The SMILES string of the molecule is Cc1ccc(CNC(=O)N[C@@H](CO)C(=O)O)o1. The van der Waals surface area contributed by atoms with Gasteiger partial charge >= 0.3 is 12.0 Å². The van der Waals surface area contributed by atoms with Crippen LogP contribution in [0.3, 0.4) is 0 Å². The van der Waals surface area contributed by atoms with E-state index >= 15 is 0 Å². The van der Waals surface area contributed by atoms with E-state index in [1.54, 1.807) is 19.1 Å². The Hall–Kier alpha value is -2.02. The van der Waals surface area contributed by atoms with E-state index in [1.165, 1.54) is 0 Å². The van der Waals surface area contributed by atoms with Crippen LogP contribution < -0.4 is 10.6 Å². The Labute approximate surface area is 97.4 Å². The van der Waals surface area contributed by atoms with Gasteiger partial charge in [-0.1, -0.05) is 0 Å². The number of urea groups is 1. The fourth-order valence-corrected chi connectivity index (χ4v) is 1.14. The number of furan rings is 1. The zero-order valence-corrected chi connectivity index (χ0v) is 9.27. The molecule has 2 amide bonds. The van der Waals surface area contributed by atoms with E-state index in [2.05, 4.69) is 10.6 Å². The highest BCUT2D eigenvalue weighted by molar-refractivity contribution is 5.82. The van der Waals surface area contributed by atoms with Crippen LogP contribution in [0.2, 0.25) is 0 Å². The predicted molar refractivity (Wildman–Crippen MR) is 57.3 cm³/mol. The third kappa shape index (κ3) is 4.15. The van der Waals surface area contributed by atoms with Crippen LogP contribution in [0.1, 0.15) is 11.5 Å². The summed E-state index contributed by atoms with van der Waals surface area (Å²) in [5.41, 5.74) is 0. The number of carboxylic acid groups (broad SMARTS) is 1. The minimum Gasteiger partial charge on any atom is -0.480 e. The first-order chi connectivity index (χ1) is 8.02.